The van der Waals surface area contributed by atoms with Gasteiger partial charge in [-0.05, 0) is 12.5 Å². The van der Waals surface area contributed by atoms with Crippen molar-refractivity contribution in [3.05, 3.63) is 35.9 Å². The van der Waals surface area contributed by atoms with Crippen LogP contribution in [0, 0.1) is 0 Å². The number of benzene rings is 1. The lowest BCUT2D eigenvalue weighted by molar-refractivity contribution is -0.159. The average Bonchev–Trinajstić information content (AvgIpc) is 2.36. The molecule has 1 rings (SSSR count). The first kappa shape index (κ1) is 14.1. The SMILES string of the molecule is CC(=O)C(O)C(=O)OCC(=O)Cc1ccccc1. The number of carbonyl (C=O) groups is 3. The fraction of sp³-hybridized carbons (Fsp3) is 0.308. The normalized spacial score (nSPS) is 11.7. The number of rotatable bonds is 6. The van der Waals surface area contributed by atoms with Gasteiger partial charge in [-0.1, -0.05) is 30.3 Å². The van der Waals surface area contributed by atoms with Crippen molar-refractivity contribution in [2.45, 2.75) is 19.4 Å². The minimum absolute atomic E-state index is 0.143. The molecular weight excluding hydrogens is 236 g/mol. The molecule has 5 heteroatoms. The topological polar surface area (TPSA) is 80.7 Å². The second-order valence-electron chi connectivity index (χ2n) is 3.82. The largest absolute Gasteiger partial charge is 0.455 e. The highest BCUT2D eigenvalue weighted by Gasteiger charge is 2.22. The zero-order chi connectivity index (χ0) is 13.5. The molecule has 0 fully saturated rings. The van der Waals surface area contributed by atoms with Crippen LogP contribution in [-0.4, -0.2) is 35.4 Å². The quantitative estimate of drug-likeness (QED) is 0.580. The van der Waals surface area contributed by atoms with Crippen molar-refractivity contribution in [3.63, 3.8) is 0 Å². The summed E-state index contributed by atoms with van der Waals surface area (Å²) in [7, 11) is 0. The van der Waals surface area contributed by atoms with Gasteiger partial charge in [-0.15, -0.1) is 0 Å². The molecule has 96 valence electrons. The summed E-state index contributed by atoms with van der Waals surface area (Å²) >= 11 is 0. The van der Waals surface area contributed by atoms with Crippen LogP contribution in [0.3, 0.4) is 0 Å². The number of esters is 1. The van der Waals surface area contributed by atoms with Crippen LogP contribution in [0.15, 0.2) is 30.3 Å². The van der Waals surface area contributed by atoms with Gasteiger partial charge >= 0.3 is 5.97 Å². The summed E-state index contributed by atoms with van der Waals surface area (Å²) in [5.41, 5.74) is 0.811. The molecule has 1 atom stereocenters. The molecule has 0 aliphatic rings. The summed E-state index contributed by atoms with van der Waals surface area (Å²) < 4.78 is 4.54. The lowest BCUT2D eigenvalue weighted by Crippen LogP contribution is -2.31. The second kappa shape index (κ2) is 6.66. The second-order valence-corrected chi connectivity index (χ2v) is 3.82. The minimum atomic E-state index is -1.81. The molecule has 5 nitrogen and oxygen atoms in total. The molecule has 0 saturated carbocycles. The Morgan fingerprint density at radius 1 is 1.22 bits per heavy atom. The van der Waals surface area contributed by atoms with E-state index < -0.39 is 24.5 Å². The standard InChI is InChI=1S/C13H14O5/c1-9(14)12(16)13(17)18-8-11(15)7-10-5-3-2-4-6-10/h2-6,12,16H,7-8H2,1H3. The summed E-state index contributed by atoms with van der Waals surface area (Å²) in [4.78, 5) is 33.2. The average molecular weight is 250 g/mol. The van der Waals surface area contributed by atoms with Gasteiger partial charge < -0.3 is 9.84 Å². The van der Waals surface area contributed by atoms with E-state index in [9.17, 15) is 14.4 Å². The highest BCUT2D eigenvalue weighted by atomic mass is 16.5. The Labute approximate surface area is 104 Å². The molecule has 0 spiro atoms. The fourth-order valence-electron chi connectivity index (χ4n) is 1.27. The van der Waals surface area contributed by atoms with Gasteiger partial charge in [0.15, 0.2) is 11.6 Å². The van der Waals surface area contributed by atoms with Crippen molar-refractivity contribution in [2.24, 2.45) is 0 Å². The van der Waals surface area contributed by atoms with E-state index in [4.69, 9.17) is 5.11 Å². The molecule has 0 aliphatic carbocycles. The van der Waals surface area contributed by atoms with E-state index in [-0.39, 0.29) is 12.2 Å². The highest BCUT2D eigenvalue weighted by molar-refractivity contribution is 6.01. The summed E-state index contributed by atoms with van der Waals surface area (Å²) in [6, 6.07) is 8.99. The molecule has 1 unspecified atom stereocenters. The predicted octanol–water partition coefficient (Wildman–Crippen LogP) is 0.291. The Kier molecular flexibility index (Phi) is 5.20. The molecule has 0 heterocycles. The molecule has 0 aromatic heterocycles. The van der Waals surface area contributed by atoms with Crippen LogP contribution in [0.5, 0.6) is 0 Å². The van der Waals surface area contributed by atoms with Crippen LogP contribution in [0.4, 0.5) is 0 Å². The number of Topliss-reactive ketones (excluding diaryl/α,β-unsaturated/α-hetero) is 2. The summed E-state index contributed by atoms with van der Waals surface area (Å²) in [5.74, 6) is -2.11. The smallest absolute Gasteiger partial charge is 0.343 e. The van der Waals surface area contributed by atoms with E-state index >= 15 is 0 Å². The Bertz CT molecular complexity index is 438. The van der Waals surface area contributed by atoms with E-state index in [1.807, 2.05) is 6.07 Å². The lowest BCUT2D eigenvalue weighted by Gasteiger charge is -2.07. The van der Waals surface area contributed by atoms with Crippen molar-refractivity contribution in [1.82, 2.24) is 0 Å². The van der Waals surface area contributed by atoms with Gasteiger partial charge in [0.05, 0.1) is 0 Å². The maximum absolute atomic E-state index is 11.5. The van der Waals surface area contributed by atoms with E-state index in [0.29, 0.717) is 0 Å². The van der Waals surface area contributed by atoms with Crippen molar-refractivity contribution < 1.29 is 24.2 Å². The summed E-state index contributed by atoms with van der Waals surface area (Å²) in [6.07, 6.45) is -1.67. The number of ether oxygens (including phenoxy) is 1. The number of carbonyl (C=O) groups excluding carboxylic acids is 3. The van der Waals surface area contributed by atoms with E-state index in [1.54, 1.807) is 24.3 Å². The number of hydrogen-bond donors (Lipinski definition) is 1. The fourth-order valence-corrected chi connectivity index (χ4v) is 1.27. The van der Waals surface area contributed by atoms with Crippen LogP contribution in [0.2, 0.25) is 0 Å². The number of aliphatic hydroxyl groups excluding tert-OH is 1. The van der Waals surface area contributed by atoms with Gasteiger partial charge in [-0.25, -0.2) is 4.79 Å². The molecular formula is C13H14O5. The minimum Gasteiger partial charge on any atom is -0.455 e. The third-order valence-corrected chi connectivity index (χ3v) is 2.23. The van der Waals surface area contributed by atoms with Crippen LogP contribution in [-0.2, 0) is 25.5 Å². The van der Waals surface area contributed by atoms with Crippen LogP contribution < -0.4 is 0 Å². The van der Waals surface area contributed by atoms with Gasteiger partial charge in [0.25, 0.3) is 0 Å². The molecule has 1 aromatic carbocycles. The van der Waals surface area contributed by atoms with Gasteiger partial charge in [0, 0.05) is 6.42 Å². The van der Waals surface area contributed by atoms with E-state index in [1.165, 1.54) is 0 Å². The van der Waals surface area contributed by atoms with Crippen LogP contribution in [0.25, 0.3) is 0 Å². The van der Waals surface area contributed by atoms with Crippen molar-refractivity contribution in [3.8, 4) is 0 Å². The van der Waals surface area contributed by atoms with Crippen LogP contribution in [0.1, 0.15) is 12.5 Å². The van der Waals surface area contributed by atoms with E-state index in [0.717, 1.165) is 12.5 Å². The van der Waals surface area contributed by atoms with Gasteiger partial charge in [-0.3, -0.25) is 9.59 Å². The monoisotopic (exact) mass is 250 g/mol. The first-order valence-corrected chi connectivity index (χ1v) is 5.41. The zero-order valence-electron chi connectivity index (χ0n) is 9.96. The first-order chi connectivity index (χ1) is 8.50. The molecule has 0 radical (unpaired) electrons. The van der Waals surface area contributed by atoms with Crippen LogP contribution >= 0.6 is 0 Å². The highest BCUT2D eigenvalue weighted by Crippen LogP contribution is 2.01. The zero-order valence-corrected chi connectivity index (χ0v) is 9.96. The summed E-state index contributed by atoms with van der Waals surface area (Å²) in [5, 5.41) is 9.06. The predicted molar refractivity (Wildman–Crippen MR) is 62.8 cm³/mol. The third-order valence-electron chi connectivity index (χ3n) is 2.23. The van der Waals surface area contributed by atoms with Crippen molar-refractivity contribution in [2.75, 3.05) is 6.61 Å². The van der Waals surface area contributed by atoms with E-state index in [2.05, 4.69) is 4.74 Å². The number of ketones is 2. The molecule has 18 heavy (non-hydrogen) atoms. The third kappa shape index (κ3) is 4.47. The maximum Gasteiger partial charge on any atom is 0.343 e. The Hall–Kier alpha value is -2.01. The Balaban J connectivity index is 2.38. The van der Waals surface area contributed by atoms with Crippen molar-refractivity contribution >= 4 is 17.5 Å². The summed E-state index contributed by atoms with van der Waals surface area (Å²) in [6.45, 7) is 0.621. The molecule has 1 aromatic rings. The number of hydrogen-bond acceptors (Lipinski definition) is 5. The molecule has 1 N–H and O–H groups in total. The molecule has 0 saturated heterocycles. The molecule has 0 aliphatic heterocycles. The van der Waals surface area contributed by atoms with Crippen molar-refractivity contribution in [1.29, 1.82) is 0 Å². The molecule has 0 bridgehead atoms. The number of aliphatic hydroxyl groups is 1. The van der Waals surface area contributed by atoms with Gasteiger partial charge in [0.1, 0.15) is 6.61 Å². The van der Waals surface area contributed by atoms with Gasteiger partial charge in [0.2, 0.25) is 6.10 Å². The maximum atomic E-state index is 11.5. The first-order valence-electron chi connectivity index (χ1n) is 5.41. The molecule has 0 amide bonds. The lowest BCUT2D eigenvalue weighted by atomic mass is 10.1. The Morgan fingerprint density at radius 2 is 1.83 bits per heavy atom. The van der Waals surface area contributed by atoms with Gasteiger partial charge in [-0.2, -0.15) is 0 Å². The Morgan fingerprint density at radius 3 is 2.39 bits per heavy atom.